The fraction of sp³-hybridized carbons (Fsp3) is 0.696. The van der Waals surface area contributed by atoms with Gasteiger partial charge in [0.15, 0.2) is 0 Å². The average molecular weight is 372 g/mol. The molecule has 1 aromatic rings. The number of carbonyl (C=O) groups excluding carboxylic acids is 1. The van der Waals surface area contributed by atoms with Gasteiger partial charge in [0.25, 0.3) is 0 Å². The van der Waals surface area contributed by atoms with E-state index in [4.69, 9.17) is 0 Å². The maximum atomic E-state index is 12.9. The zero-order chi connectivity index (χ0) is 18.9. The van der Waals surface area contributed by atoms with E-state index in [-0.39, 0.29) is 12.1 Å². The molecule has 1 aliphatic carbocycles. The lowest BCUT2D eigenvalue weighted by Crippen LogP contribution is -2.51. The van der Waals surface area contributed by atoms with Crippen molar-refractivity contribution >= 4 is 6.03 Å². The van der Waals surface area contributed by atoms with Gasteiger partial charge in [-0.15, -0.1) is 0 Å². The summed E-state index contributed by atoms with van der Waals surface area (Å²) in [5.74, 6) is 1.36. The first-order chi connectivity index (χ1) is 13.2. The van der Waals surface area contributed by atoms with Crippen molar-refractivity contribution in [3.05, 3.63) is 35.9 Å². The minimum absolute atomic E-state index is 0.142. The number of hydrogen-bond acceptors (Lipinski definition) is 2. The average Bonchev–Trinajstić information content (AvgIpc) is 2.70. The highest BCUT2D eigenvalue weighted by Crippen LogP contribution is 2.27. The molecule has 1 heterocycles. The number of urea groups is 1. The normalized spacial score (nSPS) is 22.4. The van der Waals surface area contributed by atoms with Crippen LogP contribution >= 0.6 is 0 Å². The number of carbonyl (C=O) groups is 1. The van der Waals surface area contributed by atoms with E-state index in [9.17, 15) is 4.79 Å². The third-order valence-corrected chi connectivity index (χ3v) is 6.29. The topological polar surface area (TPSA) is 44.4 Å². The molecule has 1 aromatic carbocycles. The maximum absolute atomic E-state index is 12.9. The van der Waals surface area contributed by atoms with E-state index < -0.39 is 0 Å². The van der Waals surface area contributed by atoms with Crippen molar-refractivity contribution in [2.75, 3.05) is 26.7 Å². The Balaban J connectivity index is 1.50. The number of likely N-dealkylation sites (tertiary alicyclic amines) is 1. The van der Waals surface area contributed by atoms with Gasteiger partial charge in [0.1, 0.15) is 0 Å². The van der Waals surface area contributed by atoms with Crippen molar-refractivity contribution < 1.29 is 4.79 Å². The van der Waals surface area contributed by atoms with Crippen molar-refractivity contribution in [2.24, 2.45) is 11.8 Å². The van der Waals surface area contributed by atoms with E-state index in [1.807, 2.05) is 7.05 Å². The van der Waals surface area contributed by atoms with Crippen LogP contribution < -0.4 is 10.6 Å². The highest BCUT2D eigenvalue weighted by molar-refractivity contribution is 5.74. The Hall–Kier alpha value is -1.55. The predicted octanol–water partition coefficient (Wildman–Crippen LogP) is 4.21. The largest absolute Gasteiger partial charge is 0.334 e. The molecule has 27 heavy (non-hydrogen) atoms. The Bertz CT molecular complexity index is 556. The molecule has 3 rings (SSSR count). The van der Waals surface area contributed by atoms with Gasteiger partial charge in [-0.3, -0.25) is 0 Å². The summed E-state index contributed by atoms with van der Waals surface area (Å²) in [6.45, 7) is 2.65. The number of amides is 2. The third-order valence-electron chi connectivity index (χ3n) is 6.29. The lowest BCUT2D eigenvalue weighted by Gasteiger charge is -2.35. The van der Waals surface area contributed by atoms with Crippen LogP contribution in [-0.4, -0.2) is 43.7 Å². The minimum atomic E-state index is 0.142. The Labute approximate surface area is 165 Å². The molecule has 2 atom stereocenters. The molecule has 1 aliphatic heterocycles. The van der Waals surface area contributed by atoms with Gasteiger partial charge in [0.2, 0.25) is 0 Å². The molecule has 0 radical (unpaired) electrons. The molecule has 0 aromatic heterocycles. The monoisotopic (exact) mass is 371 g/mol. The Morgan fingerprint density at radius 3 is 2.56 bits per heavy atom. The van der Waals surface area contributed by atoms with Crippen molar-refractivity contribution in [2.45, 2.75) is 63.8 Å². The summed E-state index contributed by atoms with van der Waals surface area (Å²) in [5, 5.41) is 6.62. The Kier molecular flexibility index (Phi) is 8.00. The van der Waals surface area contributed by atoms with Gasteiger partial charge in [-0.25, -0.2) is 4.79 Å². The minimum Gasteiger partial charge on any atom is -0.334 e. The smallest absolute Gasteiger partial charge is 0.317 e. The SMILES string of the molecule is CNC[C@H](CC1CCCCC1)NC(=O)N1CCC[C@@H](Cc2ccccc2)C1. The van der Waals surface area contributed by atoms with Gasteiger partial charge >= 0.3 is 6.03 Å². The highest BCUT2D eigenvalue weighted by Gasteiger charge is 2.26. The molecule has 0 unspecified atom stereocenters. The van der Waals surface area contributed by atoms with Gasteiger partial charge in [0, 0.05) is 25.7 Å². The number of nitrogens with zero attached hydrogens (tertiary/aromatic N) is 1. The number of benzene rings is 1. The zero-order valence-electron chi connectivity index (χ0n) is 17.0. The fourth-order valence-electron chi connectivity index (χ4n) is 4.89. The van der Waals surface area contributed by atoms with E-state index in [0.717, 1.165) is 44.8 Å². The van der Waals surface area contributed by atoms with Crippen LogP contribution in [0.3, 0.4) is 0 Å². The molecule has 4 heteroatoms. The van der Waals surface area contributed by atoms with Crippen LogP contribution in [0.25, 0.3) is 0 Å². The number of nitrogens with one attached hydrogen (secondary N) is 2. The predicted molar refractivity (Wildman–Crippen MR) is 112 cm³/mol. The van der Waals surface area contributed by atoms with Crippen molar-refractivity contribution in [3.8, 4) is 0 Å². The second-order valence-corrected chi connectivity index (χ2v) is 8.59. The van der Waals surface area contributed by atoms with Gasteiger partial charge in [-0.2, -0.15) is 0 Å². The standard InChI is InChI=1S/C23H37N3O/c1-24-17-22(16-20-11-6-3-7-12-20)25-23(27)26-14-8-13-21(18-26)15-19-9-4-2-5-10-19/h2,4-5,9-10,20-22,24H,3,6-8,11-18H2,1H3,(H,25,27)/t21-,22-/m0/s1. The van der Waals surface area contributed by atoms with Crippen molar-refractivity contribution in [1.29, 1.82) is 0 Å². The van der Waals surface area contributed by atoms with Crippen LogP contribution in [0.1, 0.15) is 56.9 Å². The number of hydrogen-bond donors (Lipinski definition) is 2. The van der Waals surface area contributed by atoms with Crippen LogP contribution in [0.2, 0.25) is 0 Å². The summed E-state index contributed by atoms with van der Waals surface area (Å²) in [5.41, 5.74) is 1.38. The number of likely N-dealkylation sites (N-methyl/N-ethyl adjacent to an activating group) is 1. The molecule has 0 bridgehead atoms. The van der Waals surface area contributed by atoms with Crippen LogP contribution in [0.4, 0.5) is 4.79 Å². The van der Waals surface area contributed by atoms with E-state index in [1.165, 1.54) is 44.1 Å². The molecule has 2 N–H and O–H groups in total. The van der Waals surface area contributed by atoms with Crippen LogP contribution in [0, 0.1) is 11.8 Å². The quantitative estimate of drug-likeness (QED) is 0.754. The first-order valence-corrected chi connectivity index (χ1v) is 11.0. The van der Waals surface area contributed by atoms with Crippen LogP contribution in [-0.2, 0) is 6.42 Å². The molecule has 1 saturated carbocycles. The molecule has 150 valence electrons. The second kappa shape index (κ2) is 10.7. The van der Waals surface area contributed by atoms with Crippen LogP contribution in [0.15, 0.2) is 30.3 Å². The summed E-state index contributed by atoms with van der Waals surface area (Å²) in [6, 6.07) is 11.1. The van der Waals surface area contributed by atoms with Crippen molar-refractivity contribution in [3.63, 3.8) is 0 Å². The van der Waals surface area contributed by atoms with Crippen molar-refractivity contribution in [1.82, 2.24) is 15.5 Å². The molecule has 0 spiro atoms. The van der Waals surface area contributed by atoms with E-state index in [2.05, 4.69) is 45.9 Å². The molecule has 1 saturated heterocycles. The Morgan fingerprint density at radius 2 is 1.81 bits per heavy atom. The molecule has 2 amide bonds. The lowest BCUT2D eigenvalue weighted by molar-refractivity contribution is 0.159. The highest BCUT2D eigenvalue weighted by atomic mass is 16.2. The van der Waals surface area contributed by atoms with E-state index in [0.29, 0.717) is 5.92 Å². The summed E-state index contributed by atoms with van der Waals surface area (Å²) in [7, 11) is 1.98. The summed E-state index contributed by atoms with van der Waals surface area (Å²) in [4.78, 5) is 15.0. The Morgan fingerprint density at radius 1 is 1.07 bits per heavy atom. The van der Waals surface area contributed by atoms with Crippen LogP contribution in [0.5, 0.6) is 0 Å². The maximum Gasteiger partial charge on any atom is 0.317 e. The van der Waals surface area contributed by atoms with Gasteiger partial charge in [0.05, 0.1) is 0 Å². The summed E-state index contributed by atoms with van der Waals surface area (Å²) in [6.07, 6.45) is 11.3. The van der Waals surface area contributed by atoms with Gasteiger partial charge in [-0.05, 0) is 50.1 Å². The molecule has 4 nitrogen and oxygen atoms in total. The number of piperidine rings is 1. The molecular weight excluding hydrogens is 334 g/mol. The first kappa shape index (κ1) is 20.2. The van der Waals surface area contributed by atoms with E-state index in [1.54, 1.807) is 0 Å². The van der Waals surface area contributed by atoms with Gasteiger partial charge in [-0.1, -0.05) is 62.4 Å². The lowest BCUT2D eigenvalue weighted by atomic mass is 9.85. The van der Waals surface area contributed by atoms with Gasteiger partial charge < -0.3 is 15.5 Å². The molecule has 2 aliphatic rings. The second-order valence-electron chi connectivity index (χ2n) is 8.59. The summed E-state index contributed by atoms with van der Waals surface area (Å²) < 4.78 is 0. The summed E-state index contributed by atoms with van der Waals surface area (Å²) >= 11 is 0. The van der Waals surface area contributed by atoms with E-state index >= 15 is 0 Å². The first-order valence-electron chi connectivity index (χ1n) is 11.0. The fourth-order valence-corrected chi connectivity index (χ4v) is 4.89. The molecule has 2 fully saturated rings. The zero-order valence-corrected chi connectivity index (χ0v) is 17.0. The third kappa shape index (κ3) is 6.53. The number of rotatable bonds is 7. The molecular formula is C23H37N3O.